The molecule has 0 bridgehead atoms. The largest absolute Gasteiger partial charge is 0.205 e. The summed E-state index contributed by atoms with van der Waals surface area (Å²) in [6.07, 6.45) is 11.5. The first-order valence-electron chi connectivity index (χ1n) is 5.81. The molecule has 0 N–H and O–H groups in total. The smallest absolute Gasteiger partial charge is 0.0751 e. The molecule has 0 aliphatic heterocycles. The van der Waals surface area contributed by atoms with Gasteiger partial charge < -0.3 is 0 Å². The van der Waals surface area contributed by atoms with Crippen molar-refractivity contribution in [1.29, 1.82) is 0 Å². The zero-order valence-electron chi connectivity index (χ0n) is 10.1. The minimum absolute atomic E-state index is 0.299. The summed E-state index contributed by atoms with van der Waals surface area (Å²) in [5.74, 6) is 2.54. The van der Waals surface area contributed by atoms with Gasteiger partial charge in [0.05, 0.1) is 6.54 Å². The Hall–Kier alpha value is -1.23. The maximum atomic E-state index is 5.99. The molecule has 0 heterocycles. The van der Waals surface area contributed by atoms with Gasteiger partial charge in [-0.3, -0.25) is 0 Å². The molecule has 0 aliphatic rings. The van der Waals surface area contributed by atoms with Crippen molar-refractivity contribution in [2.45, 2.75) is 25.8 Å². The van der Waals surface area contributed by atoms with Gasteiger partial charge in [0.15, 0.2) is 0 Å². The third kappa shape index (κ3) is 5.58. The van der Waals surface area contributed by atoms with Gasteiger partial charge >= 0.3 is 0 Å². The van der Waals surface area contributed by atoms with Crippen LogP contribution in [0.5, 0.6) is 0 Å². The standard InChI is InChI=1S/C15H18ClN/c1-3-13-17(16)14(2)9-7-8-12-15-10-5-4-6-11-15/h1,4-6,8,10-12,14H,7,9,13H2,2H3/b12-8+. The summed E-state index contributed by atoms with van der Waals surface area (Å²) in [6.45, 7) is 2.58. The van der Waals surface area contributed by atoms with Crippen LogP contribution in [0, 0.1) is 12.3 Å². The molecule has 1 aromatic carbocycles. The van der Waals surface area contributed by atoms with Crippen LogP contribution in [0.25, 0.3) is 6.08 Å². The van der Waals surface area contributed by atoms with Crippen LogP contribution in [0.15, 0.2) is 36.4 Å². The highest BCUT2D eigenvalue weighted by molar-refractivity contribution is 6.13. The molecule has 0 saturated carbocycles. The van der Waals surface area contributed by atoms with Crippen molar-refractivity contribution >= 4 is 17.9 Å². The highest BCUT2D eigenvalue weighted by Gasteiger charge is 2.08. The normalized spacial score (nSPS) is 12.8. The zero-order chi connectivity index (χ0) is 12.5. The summed E-state index contributed by atoms with van der Waals surface area (Å²) in [5.41, 5.74) is 1.23. The Labute approximate surface area is 109 Å². The molecule has 1 rings (SSSR count). The lowest BCUT2D eigenvalue weighted by Crippen LogP contribution is -2.24. The van der Waals surface area contributed by atoms with Gasteiger partial charge in [-0.1, -0.05) is 48.4 Å². The molecule has 0 spiro atoms. The molecule has 90 valence electrons. The SMILES string of the molecule is C#CCN(Cl)C(C)CC/C=C/c1ccccc1. The topological polar surface area (TPSA) is 3.24 Å². The first-order chi connectivity index (χ1) is 8.24. The summed E-state index contributed by atoms with van der Waals surface area (Å²) in [6, 6.07) is 10.6. The predicted molar refractivity (Wildman–Crippen MR) is 75.6 cm³/mol. The third-order valence-corrected chi connectivity index (χ3v) is 3.03. The Balaban J connectivity index is 2.28. The van der Waals surface area contributed by atoms with E-state index < -0.39 is 0 Å². The number of rotatable bonds is 6. The van der Waals surface area contributed by atoms with Gasteiger partial charge in [0.25, 0.3) is 0 Å². The maximum Gasteiger partial charge on any atom is 0.0751 e. The average molecular weight is 248 g/mol. The van der Waals surface area contributed by atoms with Crippen molar-refractivity contribution in [2.24, 2.45) is 0 Å². The molecule has 0 radical (unpaired) electrons. The fourth-order valence-electron chi connectivity index (χ4n) is 1.50. The predicted octanol–water partition coefficient (Wildman–Crippen LogP) is 3.96. The van der Waals surface area contributed by atoms with E-state index in [9.17, 15) is 0 Å². The van der Waals surface area contributed by atoms with E-state index in [4.69, 9.17) is 18.2 Å². The molecule has 0 aromatic heterocycles. The molecule has 0 saturated heterocycles. The number of benzene rings is 1. The van der Waals surface area contributed by atoms with Gasteiger partial charge in [-0.25, -0.2) is 4.42 Å². The van der Waals surface area contributed by atoms with Crippen LogP contribution in [0.2, 0.25) is 0 Å². The molecule has 1 atom stereocenters. The number of allylic oxidation sites excluding steroid dienone is 1. The molecule has 0 aliphatic carbocycles. The number of nitrogens with zero attached hydrogens (tertiary/aromatic N) is 1. The Bertz CT molecular complexity index is 378. The van der Waals surface area contributed by atoms with Crippen LogP contribution >= 0.6 is 11.8 Å². The lowest BCUT2D eigenvalue weighted by Gasteiger charge is -2.18. The Kier molecular flexibility index (Phi) is 6.47. The monoisotopic (exact) mass is 247 g/mol. The van der Waals surface area contributed by atoms with Gasteiger partial charge in [-0.2, -0.15) is 0 Å². The van der Waals surface area contributed by atoms with Crippen LogP contribution in [-0.2, 0) is 0 Å². The number of halogens is 1. The van der Waals surface area contributed by atoms with Gasteiger partial charge in [0.2, 0.25) is 0 Å². The number of terminal acetylenes is 1. The summed E-state index contributed by atoms with van der Waals surface area (Å²) in [5, 5.41) is 0. The molecule has 2 heteroatoms. The van der Waals surface area contributed by atoms with Crippen molar-refractivity contribution in [3.05, 3.63) is 42.0 Å². The van der Waals surface area contributed by atoms with Crippen LogP contribution in [-0.4, -0.2) is 17.0 Å². The van der Waals surface area contributed by atoms with Crippen LogP contribution < -0.4 is 0 Å². The number of hydrogen-bond acceptors (Lipinski definition) is 1. The molecule has 1 aromatic rings. The molecule has 1 unspecified atom stereocenters. The lowest BCUT2D eigenvalue weighted by atomic mass is 10.1. The van der Waals surface area contributed by atoms with E-state index in [-0.39, 0.29) is 0 Å². The first kappa shape index (κ1) is 13.8. The van der Waals surface area contributed by atoms with E-state index in [0.29, 0.717) is 12.6 Å². The van der Waals surface area contributed by atoms with Crippen molar-refractivity contribution in [3.63, 3.8) is 0 Å². The fourth-order valence-corrected chi connectivity index (χ4v) is 1.67. The average Bonchev–Trinajstić information content (AvgIpc) is 2.36. The van der Waals surface area contributed by atoms with E-state index in [1.54, 1.807) is 4.42 Å². The van der Waals surface area contributed by atoms with E-state index in [2.05, 4.69) is 37.1 Å². The first-order valence-corrected chi connectivity index (χ1v) is 6.15. The van der Waals surface area contributed by atoms with Gasteiger partial charge in [0.1, 0.15) is 0 Å². The second-order valence-corrected chi connectivity index (χ2v) is 4.44. The van der Waals surface area contributed by atoms with Crippen molar-refractivity contribution < 1.29 is 0 Å². The van der Waals surface area contributed by atoms with Crippen LogP contribution in [0.4, 0.5) is 0 Å². The highest BCUT2D eigenvalue weighted by Crippen LogP contribution is 2.10. The quantitative estimate of drug-likeness (QED) is 0.543. The highest BCUT2D eigenvalue weighted by atomic mass is 35.5. The molecule has 1 nitrogen and oxygen atoms in total. The fraction of sp³-hybridized carbons (Fsp3) is 0.333. The summed E-state index contributed by atoms with van der Waals surface area (Å²) < 4.78 is 1.68. The van der Waals surface area contributed by atoms with E-state index >= 15 is 0 Å². The zero-order valence-corrected chi connectivity index (χ0v) is 10.9. The Morgan fingerprint density at radius 1 is 1.41 bits per heavy atom. The van der Waals surface area contributed by atoms with Crippen LogP contribution in [0.1, 0.15) is 25.3 Å². The summed E-state index contributed by atoms with van der Waals surface area (Å²) in [7, 11) is 0. The molecular formula is C15H18ClN. The van der Waals surface area contributed by atoms with Crippen molar-refractivity contribution in [3.8, 4) is 12.3 Å². The van der Waals surface area contributed by atoms with E-state index in [1.807, 2.05) is 18.2 Å². The second kappa shape index (κ2) is 7.95. The van der Waals surface area contributed by atoms with Gasteiger partial charge in [0, 0.05) is 6.04 Å². The molecule has 0 fully saturated rings. The minimum atomic E-state index is 0.299. The van der Waals surface area contributed by atoms with E-state index in [0.717, 1.165) is 12.8 Å². The molecule has 17 heavy (non-hydrogen) atoms. The minimum Gasteiger partial charge on any atom is -0.205 e. The molecule has 0 amide bonds. The van der Waals surface area contributed by atoms with Crippen LogP contribution in [0.3, 0.4) is 0 Å². The summed E-state index contributed by atoms with van der Waals surface area (Å²) >= 11 is 5.99. The van der Waals surface area contributed by atoms with Gasteiger partial charge in [-0.15, -0.1) is 6.42 Å². The van der Waals surface area contributed by atoms with Crippen molar-refractivity contribution in [2.75, 3.05) is 6.54 Å². The Morgan fingerprint density at radius 2 is 2.12 bits per heavy atom. The summed E-state index contributed by atoms with van der Waals surface area (Å²) in [4.78, 5) is 0. The van der Waals surface area contributed by atoms with Gasteiger partial charge in [-0.05, 0) is 37.1 Å². The number of hydrogen-bond donors (Lipinski definition) is 0. The van der Waals surface area contributed by atoms with Crippen molar-refractivity contribution in [1.82, 2.24) is 4.42 Å². The second-order valence-electron chi connectivity index (χ2n) is 4.00. The lowest BCUT2D eigenvalue weighted by molar-refractivity contribution is 0.377. The third-order valence-electron chi connectivity index (χ3n) is 2.58. The molecular weight excluding hydrogens is 230 g/mol. The maximum absolute atomic E-state index is 5.99. The van der Waals surface area contributed by atoms with E-state index in [1.165, 1.54) is 5.56 Å². The Morgan fingerprint density at radius 3 is 2.76 bits per heavy atom.